The molecule has 1 aliphatic carbocycles. The lowest BCUT2D eigenvalue weighted by Gasteiger charge is -2.41. The molecule has 0 spiro atoms. The average Bonchev–Trinajstić information content (AvgIpc) is 2.47. The van der Waals surface area contributed by atoms with Gasteiger partial charge in [0, 0.05) is 12.2 Å². The first kappa shape index (κ1) is 15.3. The van der Waals surface area contributed by atoms with E-state index in [2.05, 4.69) is 37.3 Å². The van der Waals surface area contributed by atoms with Gasteiger partial charge in [-0.05, 0) is 43.4 Å². The van der Waals surface area contributed by atoms with Crippen LogP contribution in [0.5, 0.6) is 5.75 Å². The molecule has 0 aliphatic heterocycles. The van der Waals surface area contributed by atoms with Crippen molar-refractivity contribution in [1.82, 2.24) is 10.3 Å². The molecule has 1 unspecified atom stereocenters. The van der Waals surface area contributed by atoms with Crippen LogP contribution in [0.3, 0.4) is 0 Å². The fraction of sp³-hybridized carbons (Fsp3) is 0.706. The van der Waals surface area contributed by atoms with Crippen molar-refractivity contribution in [1.29, 1.82) is 0 Å². The molecule has 1 atom stereocenters. The molecule has 0 aromatic carbocycles. The molecule has 0 amide bonds. The maximum Gasteiger partial charge on any atom is 0.137 e. The van der Waals surface area contributed by atoms with E-state index in [4.69, 9.17) is 4.74 Å². The minimum Gasteiger partial charge on any atom is -0.492 e. The van der Waals surface area contributed by atoms with Crippen LogP contribution in [0, 0.1) is 5.41 Å². The zero-order chi connectivity index (χ0) is 14.4. The molecule has 0 radical (unpaired) electrons. The second-order valence-corrected chi connectivity index (χ2v) is 6.24. The molecule has 1 N–H and O–H groups in total. The van der Waals surface area contributed by atoms with Crippen molar-refractivity contribution in [3.8, 4) is 5.75 Å². The summed E-state index contributed by atoms with van der Waals surface area (Å²) in [5, 5.41) is 3.52. The quantitative estimate of drug-likeness (QED) is 0.849. The smallest absolute Gasteiger partial charge is 0.137 e. The van der Waals surface area contributed by atoms with Crippen LogP contribution in [0.2, 0.25) is 0 Å². The van der Waals surface area contributed by atoms with Crippen LogP contribution in [-0.2, 0) is 0 Å². The Morgan fingerprint density at radius 2 is 2.05 bits per heavy atom. The molecule has 1 aliphatic rings. The summed E-state index contributed by atoms with van der Waals surface area (Å²) in [6.45, 7) is 5.29. The summed E-state index contributed by atoms with van der Waals surface area (Å²) in [7, 11) is 2.06. The lowest BCUT2D eigenvalue weighted by molar-refractivity contribution is 0.150. The van der Waals surface area contributed by atoms with Crippen LogP contribution in [0.4, 0.5) is 0 Å². The topological polar surface area (TPSA) is 34.1 Å². The number of ether oxygens (including phenoxy) is 1. The molecule has 112 valence electrons. The lowest BCUT2D eigenvalue weighted by atomic mass is 9.69. The molecule has 1 heterocycles. The first-order chi connectivity index (χ1) is 9.69. The third-order valence-electron chi connectivity index (χ3n) is 4.52. The Labute approximate surface area is 123 Å². The lowest BCUT2D eigenvalue weighted by Crippen LogP contribution is -2.36. The number of hydrogen-bond acceptors (Lipinski definition) is 3. The molecule has 1 aromatic heterocycles. The van der Waals surface area contributed by atoms with Gasteiger partial charge in [0.2, 0.25) is 0 Å². The number of pyridine rings is 1. The van der Waals surface area contributed by atoms with Crippen molar-refractivity contribution in [3.05, 3.63) is 24.0 Å². The van der Waals surface area contributed by atoms with Gasteiger partial charge in [-0.25, -0.2) is 0 Å². The van der Waals surface area contributed by atoms with Crippen molar-refractivity contribution < 1.29 is 4.74 Å². The Morgan fingerprint density at radius 3 is 2.70 bits per heavy atom. The molecule has 3 nitrogen and oxygen atoms in total. The third kappa shape index (κ3) is 3.51. The number of aromatic nitrogens is 1. The normalized spacial score (nSPS) is 19.6. The van der Waals surface area contributed by atoms with Crippen LogP contribution in [0.1, 0.15) is 64.0 Å². The zero-order valence-corrected chi connectivity index (χ0v) is 13.1. The second kappa shape index (κ2) is 7.07. The fourth-order valence-corrected chi connectivity index (χ4v) is 3.46. The summed E-state index contributed by atoms with van der Waals surface area (Å²) in [6, 6.07) is 2.52. The minimum absolute atomic E-state index is 0.331. The maximum absolute atomic E-state index is 5.72. The van der Waals surface area contributed by atoms with E-state index in [0.717, 1.165) is 18.8 Å². The van der Waals surface area contributed by atoms with Crippen molar-refractivity contribution in [3.63, 3.8) is 0 Å². The predicted molar refractivity (Wildman–Crippen MR) is 83.0 cm³/mol. The van der Waals surface area contributed by atoms with Gasteiger partial charge in [0.05, 0.1) is 12.8 Å². The molecule has 0 saturated heterocycles. The number of hydrogen-bond donors (Lipinski definition) is 1. The van der Waals surface area contributed by atoms with Gasteiger partial charge in [0.15, 0.2) is 0 Å². The van der Waals surface area contributed by atoms with Crippen LogP contribution in [0.15, 0.2) is 18.5 Å². The van der Waals surface area contributed by atoms with Gasteiger partial charge in [0.25, 0.3) is 0 Å². The molecular weight excluding hydrogens is 248 g/mol. The molecular formula is C17H28N2O. The van der Waals surface area contributed by atoms with Gasteiger partial charge in [-0.1, -0.05) is 33.1 Å². The Hall–Kier alpha value is -1.09. The highest BCUT2D eigenvalue weighted by atomic mass is 16.5. The summed E-state index contributed by atoms with van der Waals surface area (Å²) in [5.41, 5.74) is 1.59. The van der Waals surface area contributed by atoms with Crippen LogP contribution < -0.4 is 10.1 Å². The molecule has 1 aromatic rings. The Morgan fingerprint density at radius 1 is 1.30 bits per heavy atom. The summed E-state index contributed by atoms with van der Waals surface area (Å²) in [4.78, 5) is 4.37. The second-order valence-electron chi connectivity index (χ2n) is 6.24. The SMILES string of the molecule is CCCOc1cncc(C(NC)C2(C)CCCCC2)c1. The van der Waals surface area contributed by atoms with Crippen molar-refractivity contribution in [2.24, 2.45) is 5.41 Å². The third-order valence-corrected chi connectivity index (χ3v) is 4.52. The largest absolute Gasteiger partial charge is 0.492 e. The van der Waals surface area contributed by atoms with E-state index in [-0.39, 0.29) is 0 Å². The molecule has 3 heteroatoms. The van der Waals surface area contributed by atoms with Crippen molar-refractivity contribution >= 4 is 0 Å². The highest BCUT2D eigenvalue weighted by Gasteiger charge is 2.35. The van der Waals surface area contributed by atoms with Gasteiger partial charge < -0.3 is 10.1 Å². The fourth-order valence-electron chi connectivity index (χ4n) is 3.46. The van der Waals surface area contributed by atoms with Gasteiger partial charge in [0.1, 0.15) is 5.75 Å². The summed E-state index contributed by atoms with van der Waals surface area (Å²) < 4.78 is 5.72. The van der Waals surface area contributed by atoms with Crippen molar-refractivity contribution in [2.75, 3.05) is 13.7 Å². The Kier molecular flexibility index (Phi) is 5.41. The first-order valence-electron chi connectivity index (χ1n) is 7.94. The molecule has 1 fully saturated rings. The first-order valence-corrected chi connectivity index (χ1v) is 7.94. The van der Waals surface area contributed by atoms with E-state index in [1.807, 2.05) is 12.4 Å². The van der Waals surface area contributed by atoms with Crippen LogP contribution in [0.25, 0.3) is 0 Å². The maximum atomic E-state index is 5.72. The van der Waals surface area contributed by atoms with E-state index in [1.54, 1.807) is 0 Å². The Balaban J connectivity index is 2.18. The van der Waals surface area contributed by atoms with E-state index < -0.39 is 0 Å². The Bertz CT molecular complexity index is 413. The summed E-state index contributed by atoms with van der Waals surface area (Å²) in [5.74, 6) is 0.893. The molecule has 0 bridgehead atoms. The minimum atomic E-state index is 0.331. The zero-order valence-electron chi connectivity index (χ0n) is 13.1. The van der Waals surface area contributed by atoms with E-state index in [1.165, 1.54) is 37.7 Å². The number of rotatable bonds is 6. The van der Waals surface area contributed by atoms with Crippen LogP contribution >= 0.6 is 0 Å². The van der Waals surface area contributed by atoms with E-state index in [0.29, 0.717) is 11.5 Å². The number of nitrogens with zero attached hydrogens (tertiary/aromatic N) is 1. The van der Waals surface area contributed by atoms with E-state index >= 15 is 0 Å². The van der Waals surface area contributed by atoms with Gasteiger partial charge in [-0.2, -0.15) is 0 Å². The summed E-state index contributed by atoms with van der Waals surface area (Å²) in [6.07, 6.45) is 11.5. The van der Waals surface area contributed by atoms with Gasteiger partial charge in [-0.3, -0.25) is 4.98 Å². The van der Waals surface area contributed by atoms with Crippen molar-refractivity contribution in [2.45, 2.75) is 58.4 Å². The molecule has 1 saturated carbocycles. The highest BCUT2D eigenvalue weighted by Crippen LogP contribution is 2.45. The predicted octanol–water partition coefficient (Wildman–Crippen LogP) is 4.10. The number of nitrogens with one attached hydrogen (secondary N) is 1. The molecule has 2 rings (SSSR count). The van der Waals surface area contributed by atoms with E-state index in [9.17, 15) is 0 Å². The van der Waals surface area contributed by atoms with Gasteiger partial charge >= 0.3 is 0 Å². The van der Waals surface area contributed by atoms with Gasteiger partial charge in [-0.15, -0.1) is 0 Å². The highest BCUT2D eigenvalue weighted by molar-refractivity contribution is 5.27. The average molecular weight is 276 g/mol. The monoisotopic (exact) mass is 276 g/mol. The molecule has 20 heavy (non-hydrogen) atoms. The van der Waals surface area contributed by atoms with Crippen LogP contribution in [-0.4, -0.2) is 18.6 Å². The summed E-state index contributed by atoms with van der Waals surface area (Å²) >= 11 is 0. The standard InChI is InChI=1S/C17H28N2O/c1-4-10-20-15-11-14(12-19-13-15)16(18-3)17(2)8-6-5-7-9-17/h11-13,16,18H,4-10H2,1-3H3.